The van der Waals surface area contributed by atoms with Gasteiger partial charge in [0.25, 0.3) is 0 Å². The Morgan fingerprint density at radius 1 is 1.29 bits per heavy atom. The lowest BCUT2D eigenvalue weighted by Gasteiger charge is -2.08. The second-order valence-electron chi connectivity index (χ2n) is 4.15. The molecule has 0 saturated heterocycles. The van der Waals surface area contributed by atoms with Crippen molar-refractivity contribution in [2.24, 2.45) is 0 Å². The summed E-state index contributed by atoms with van der Waals surface area (Å²) < 4.78 is 15.8. The molecule has 0 radical (unpaired) electrons. The van der Waals surface area contributed by atoms with Gasteiger partial charge in [0.1, 0.15) is 11.6 Å². The average molecular weight is 296 g/mol. The summed E-state index contributed by atoms with van der Waals surface area (Å²) in [5.74, 6) is 1.26. The van der Waals surface area contributed by atoms with E-state index in [4.69, 9.17) is 0 Å². The molecule has 3 nitrogen and oxygen atoms in total. The quantitative estimate of drug-likeness (QED) is 0.814. The Balaban J connectivity index is 2.14. The van der Waals surface area contributed by atoms with Crippen LogP contribution < -0.4 is 0 Å². The first kappa shape index (κ1) is 10.9. The van der Waals surface area contributed by atoms with E-state index in [-0.39, 0.29) is 5.82 Å². The average Bonchev–Trinajstić information content (AvgIpc) is 3.10. The number of hydrogen-bond donors (Lipinski definition) is 0. The predicted octanol–water partition coefficient (Wildman–Crippen LogP) is 3.31. The van der Waals surface area contributed by atoms with Crippen LogP contribution in [0.3, 0.4) is 0 Å². The Kier molecular flexibility index (Phi) is 2.70. The maximum absolute atomic E-state index is 13.8. The van der Waals surface area contributed by atoms with Crippen LogP contribution in [0.15, 0.2) is 24.3 Å². The number of rotatable bonds is 3. The molecule has 1 aromatic heterocycles. The van der Waals surface area contributed by atoms with Crippen molar-refractivity contribution in [3.8, 4) is 11.4 Å². The van der Waals surface area contributed by atoms with Gasteiger partial charge in [0.2, 0.25) is 0 Å². The van der Waals surface area contributed by atoms with Crippen molar-refractivity contribution < 1.29 is 4.39 Å². The molecule has 1 aromatic carbocycles. The van der Waals surface area contributed by atoms with E-state index in [1.807, 2.05) is 10.6 Å². The minimum absolute atomic E-state index is 0.247. The Morgan fingerprint density at radius 2 is 2.06 bits per heavy atom. The van der Waals surface area contributed by atoms with Gasteiger partial charge in [-0.25, -0.2) is 4.39 Å². The molecule has 2 aromatic rings. The lowest BCUT2D eigenvalue weighted by molar-refractivity contribution is 0.625. The van der Waals surface area contributed by atoms with Crippen molar-refractivity contribution in [3.05, 3.63) is 35.9 Å². The molecule has 0 unspecified atom stereocenters. The normalized spacial score (nSPS) is 15.2. The largest absolute Gasteiger partial charge is 0.307 e. The van der Waals surface area contributed by atoms with Crippen molar-refractivity contribution in [2.45, 2.75) is 24.2 Å². The van der Waals surface area contributed by atoms with Gasteiger partial charge in [-0.3, -0.25) is 0 Å². The molecule has 1 fully saturated rings. The monoisotopic (exact) mass is 295 g/mol. The molecule has 88 valence electrons. The standard InChI is InChI=1S/C12H11BrFN3/c13-7-11-15-16-12(17(11)8-5-6-8)9-3-1-2-4-10(9)14/h1-4,8H,5-7H2. The molecule has 0 bridgehead atoms. The van der Waals surface area contributed by atoms with Crippen LogP contribution in [0.5, 0.6) is 0 Å². The van der Waals surface area contributed by atoms with Crippen LogP contribution in [0.1, 0.15) is 24.7 Å². The molecular formula is C12H11BrFN3. The number of halogens is 2. The summed E-state index contributed by atoms with van der Waals surface area (Å²) in [6, 6.07) is 7.14. The Bertz CT molecular complexity index is 548. The summed E-state index contributed by atoms with van der Waals surface area (Å²) in [5, 5.41) is 8.88. The maximum atomic E-state index is 13.8. The van der Waals surface area contributed by atoms with Gasteiger partial charge in [-0.05, 0) is 25.0 Å². The van der Waals surface area contributed by atoms with Crippen molar-refractivity contribution in [3.63, 3.8) is 0 Å². The van der Waals surface area contributed by atoms with E-state index in [2.05, 4.69) is 26.1 Å². The van der Waals surface area contributed by atoms with E-state index in [0.29, 0.717) is 22.8 Å². The third-order valence-electron chi connectivity index (χ3n) is 2.91. The highest BCUT2D eigenvalue weighted by molar-refractivity contribution is 9.08. The van der Waals surface area contributed by atoms with E-state index in [0.717, 1.165) is 18.7 Å². The topological polar surface area (TPSA) is 30.7 Å². The molecule has 0 N–H and O–H groups in total. The lowest BCUT2D eigenvalue weighted by atomic mass is 10.2. The second kappa shape index (κ2) is 4.22. The number of aromatic nitrogens is 3. The SMILES string of the molecule is Fc1ccccc1-c1nnc(CBr)n1C1CC1. The molecule has 0 aliphatic heterocycles. The third kappa shape index (κ3) is 1.88. The van der Waals surface area contributed by atoms with Gasteiger partial charge in [-0.15, -0.1) is 10.2 Å². The number of alkyl halides is 1. The molecular weight excluding hydrogens is 285 g/mol. The van der Waals surface area contributed by atoms with Crippen LogP contribution in [0.2, 0.25) is 0 Å². The Morgan fingerprint density at radius 3 is 2.71 bits per heavy atom. The van der Waals surface area contributed by atoms with Crippen LogP contribution in [-0.4, -0.2) is 14.8 Å². The van der Waals surface area contributed by atoms with Crippen LogP contribution in [0.25, 0.3) is 11.4 Å². The minimum Gasteiger partial charge on any atom is -0.307 e. The summed E-state index contributed by atoms with van der Waals surface area (Å²) >= 11 is 3.39. The first-order valence-corrected chi connectivity index (χ1v) is 6.68. The third-order valence-corrected chi connectivity index (χ3v) is 3.41. The molecule has 17 heavy (non-hydrogen) atoms. The highest BCUT2D eigenvalue weighted by Crippen LogP contribution is 2.39. The van der Waals surface area contributed by atoms with Crippen molar-refractivity contribution >= 4 is 15.9 Å². The van der Waals surface area contributed by atoms with Gasteiger partial charge in [0.15, 0.2) is 5.82 Å². The minimum atomic E-state index is -0.247. The summed E-state index contributed by atoms with van der Waals surface area (Å²) in [7, 11) is 0. The van der Waals surface area contributed by atoms with Crippen molar-refractivity contribution in [1.82, 2.24) is 14.8 Å². The van der Waals surface area contributed by atoms with E-state index in [1.165, 1.54) is 6.07 Å². The molecule has 0 spiro atoms. The highest BCUT2D eigenvalue weighted by Gasteiger charge is 2.30. The van der Waals surface area contributed by atoms with Gasteiger partial charge in [-0.2, -0.15) is 0 Å². The van der Waals surface area contributed by atoms with Crippen LogP contribution >= 0.6 is 15.9 Å². The van der Waals surface area contributed by atoms with Gasteiger partial charge < -0.3 is 4.57 Å². The van der Waals surface area contributed by atoms with Gasteiger partial charge in [0, 0.05) is 6.04 Å². The summed E-state index contributed by atoms with van der Waals surface area (Å²) in [6.07, 6.45) is 2.25. The zero-order valence-corrected chi connectivity index (χ0v) is 10.7. The molecule has 1 aliphatic rings. The summed E-state index contributed by atoms with van der Waals surface area (Å²) in [6.45, 7) is 0. The molecule has 0 atom stereocenters. The predicted molar refractivity (Wildman–Crippen MR) is 66.3 cm³/mol. The Labute approximate surface area is 107 Å². The lowest BCUT2D eigenvalue weighted by Crippen LogP contribution is -2.02. The molecule has 1 saturated carbocycles. The van der Waals surface area contributed by atoms with E-state index in [9.17, 15) is 4.39 Å². The van der Waals surface area contributed by atoms with E-state index < -0.39 is 0 Å². The zero-order valence-electron chi connectivity index (χ0n) is 9.11. The molecule has 0 amide bonds. The smallest absolute Gasteiger partial charge is 0.167 e. The fraction of sp³-hybridized carbons (Fsp3) is 0.333. The van der Waals surface area contributed by atoms with Gasteiger partial charge in [-0.1, -0.05) is 28.1 Å². The van der Waals surface area contributed by atoms with Crippen LogP contribution in [0.4, 0.5) is 4.39 Å². The van der Waals surface area contributed by atoms with E-state index >= 15 is 0 Å². The zero-order chi connectivity index (χ0) is 11.8. The maximum Gasteiger partial charge on any atom is 0.167 e. The van der Waals surface area contributed by atoms with Gasteiger partial charge in [0.05, 0.1) is 10.9 Å². The van der Waals surface area contributed by atoms with Gasteiger partial charge >= 0.3 is 0 Å². The van der Waals surface area contributed by atoms with Crippen LogP contribution in [0, 0.1) is 5.82 Å². The molecule has 5 heteroatoms. The summed E-state index contributed by atoms with van der Waals surface area (Å²) in [4.78, 5) is 0. The number of benzene rings is 1. The first-order valence-electron chi connectivity index (χ1n) is 5.56. The molecule has 3 rings (SSSR count). The number of hydrogen-bond acceptors (Lipinski definition) is 2. The fourth-order valence-electron chi connectivity index (χ4n) is 1.96. The van der Waals surface area contributed by atoms with E-state index in [1.54, 1.807) is 12.1 Å². The Hall–Kier alpha value is -1.23. The summed E-state index contributed by atoms with van der Waals surface area (Å²) in [5.41, 5.74) is 0.527. The van der Waals surface area contributed by atoms with Crippen LogP contribution in [-0.2, 0) is 5.33 Å². The number of nitrogens with zero attached hydrogens (tertiary/aromatic N) is 3. The molecule has 1 heterocycles. The highest BCUT2D eigenvalue weighted by atomic mass is 79.9. The van der Waals surface area contributed by atoms with Crippen molar-refractivity contribution in [1.29, 1.82) is 0 Å². The fourth-order valence-corrected chi connectivity index (χ4v) is 2.34. The second-order valence-corrected chi connectivity index (χ2v) is 4.72. The first-order chi connectivity index (χ1) is 8.31. The molecule has 1 aliphatic carbocycles. The van der Waals surface area contributed by atoms with Crippen molar-refractivity contribution in [2.75, 3.05) is 0 Å².